The number of rotatable bonds is 6. The second-order valence-corrected chi connectivity index (χ2v) is 4.94. The molecule has 0 saturated heterocycles. The zero-order valence-electron chi connectivity index (χ0n) is 11.8. The Morgan fingerprint density at radius 3 is 2.29 bits per heavy atom. The second-order valence-electron chi connectivity index (χ2n) is 4.94. The fourth-order valence-electron chi connectivity index (χ4n) is 2.05. The van der Waals surface area contributed by atoms with E-state index < -0.39 is 0 Å². The van der Waals surface area contributed by atoms with E-state index in [1.54, 1.807) is 0 Å². The van der Waals surface area contributed by atoms with Crippen molar-refractivity contribution in [1.29, 1.82) is 0 Å². The monoisotopic (exact) mass is 238 g/mol. The predicted octanol–water partition coefficient (Wildman–Crippen LogP) is 4.03. The molecule has 0 saturated carbocycles. The topological polar surface area (TPSA) is 38.0 Å². The van der Waals surface area contributed by atoms with Crippen molar-refractivity contribution in [2.75, 3.05) is 0 Å². The Bertz CT molecular complexity index is 357. The van der Waals surface area contributed by atoms with Gasteiger partial charge in [0.25, 0.3) is 0 Å². The molecule has 0 fully saturated rings. The van der Waals surface area contributed by atoms with E-state index >= 15 is 0 Å². The van der Waals surface area contributed by atoms with Gasteiger partial charge in [-0.2, -0.15) is 5.10 Å². The Labute approximate surface area is 105 Å². The minimum absolute atomic E-state index is 0.357. The summed E-state index contributed by atoms with van der Waals surface area (Å²) in [6, 6.07) is 0.357. The molecule has 2 atom stereocenters. The molecule has 2 unspecified atom stereocenters. The van der Waals surface area contributed by atoms with Crippen LogP contribution in [0.2, 0.25) is 0 Å². The van der Waals surface area contributed by atoms with Crippen LogP contribution in [-0.4, -0.2) is 14.9 Å². The van der Waals surface area contributed by atoms with Gasteiger partial charge >= 0.3 is 0 Å². The van der Waals surface area contributed by atoms with Crippen LogP contribution >= 0.6 is 0 Å². The standard InChI is InChI=1S/C14H26N2O/c1-6-9-12-14(17)13(10(4)7-2)16(15-12)11(5)8-3/h10-11,17H,6-9H2,1-5H3. The fourth-order valence-corrected chi connectivity index (χ4v) is 2.05. The van der Waals surface area contributed by atoms with Gasteiger partial charge < -0.3 is 5.11 Å². The number of aromatic hydroxyl groups is 1. The maximum atomic E-state index is 10.3. The number of nitrogens with zero attached hydrogens (tertiary/aromatic N) is 2. The highest BCUT2D eigenvalue weighted by Gasteiger charge is 2.22. The van der Waals surface area contributed by atoms with Crippen molar-refractivity contribution in [3.8, 4) is 5.75 Å². The van der Waals surface area contributed by atoms with E-state index in [1.165, 1.54) is 0 Å². The molecular formula is C14H26N2O. The smallest absolute Gasteiger partial charge is 0.160 e. The van der Waals surface area contributed by atoms with E-state index in [0.717, 1.165) is 37.1 Å². The molecule has 3 heteroatoms. The van der Waals surface area contributed by atoms with Gasteiger partial charge in [-0.1, -0.05) is 34.1 Å². The summed E-state index contributed by atoms with van der Waals surface area (Å²) in [7, 11) is 0. The predicted molar refractivity (Wildman–Crippen MR) is 71.6 cm³/mol. The number of aryl methyl sites for hydroxylation is 1. The van der Waals surface area contributed by atoms with Crippen LogP contribution in [0.4, 0.5) is 0 Å². The maximum Gasteiger partial charge on any atom is 0.160 e. The van der Waals surface area contributed by atoms with Crippen molar-refractivity contribution in [1.82, 2.24) is 9.78 Å². The summed E-state index contributed by atoms with van der Waals surface area (Å²) in [5.41, 5.74) is 1.88. The first kappa shape index (κ1) is 14.1. The Kier molecular flexibility index (Phi) is 5.03. The summed E-state index contributed by atoms with van der Waals surface area (Å²) in [5, 5.41) is 14.9. The van der Waals surface area contributed by atoms with Crippen LogP contribution < -0.4 is 0 Å². The molecule has 0 radical (unpaired) electrons. The number of hydrogen-bond donors (Lipinski definition) is 1. The summed E-state index contributed by atoms with van der Waals surface area (Å²) in [5.74, 6) is 0.795. The van der Waals surface area contributed by atoms with Gasteiger partial charge in [0.2, 0.25) is 0 Å². The van der Waals surface area contributed by atoms with Gasteiger partial charge in [0, 0.05) is 12.0 Å². The van der Waals surface area contributed by atoms with Crippen LogP contribution in [0.5, 0.6) is 5.75 Å². The Morgan fingerprint density at radius 1 is 1.18 bits per heavy atom. The Morgan fingerprint density at radius 2 is 1.82 bits per heavy atom. The highest BCUT2D eigenvalue weighted by Crippen LogP contribution is 2.34. The molecule has 1 N–H and O–H groups in total. The van der Waals surface area contributed by atoms with Crippen molar-refractivity contribution >= 4 is 0 Å². The molecule has 17 heavy (non-hydrogen) atoms. The minimum Gasteiger partial charge on any atom is -0.504 e. The zero-order valence-corrected chi connectivity index (χ0v) is 11.8. The molecule has 3 nitrogen and oxygen atoms in total. The summed E-state index contributed by atoms with van der Waals surface area (Å²) in [6.07, 6.45) is 3.95. The van der Waals surface area contributed by atoms with Gasteiger partial charge in [-0.3, -0.25) is 4.68 Å². The van der Waals surface area contributed by atoms with Crippen LogP contribution in [0, 0.1) is 0 Å². The van der Waals surface area contributed by atoms with Gasteiger partial charge in [0.05, 0.1) is 5.69 Å². The van der Waals surface area contributed by atoms with Crippen LogP contribution in [0.1, 0.15) is 77.2 Å². The highest BCUT2D eigenvalue weighted by molar-refractivity contribution is 5.35. The van der Waals surface area contributed by atoms with Crippen molar-refractivity contribution in [2.24, 2.45) is 0 Å². The fraction of sp³-hybridized carbons (Fsp3) is 0.786. The lowest BCUT2D eigenvalue weighted by Gasteiger charge is -2.17. The lowest BCUT2D eigenvalue weighted by Crippen LogP contribution is -2.11. The van der Waals surface area contributed by atoms with Crippen LogP contribution in [0.3, 0.4) is 0 Å². The first-order chi connectivity index (χ1) is 8.06. The van der Waals surface area contributed by atoms with Crippen molar-refractivity contribution in [3.63, 3.8) is 0 Å². The Balaban J connectivity index is 3.21. The normalized spacial score (nSPS) is 14.9. The van der Waals surface area contributed by atoms with E-state index in [-0.39, 0.29) is 0 Å². The number of hydrogen-bond acceptors (Lipinski definition) is 2. The average molecular weight is 238 g/mol. The van der Waals surface area contributed by atoms with E-state index in [4.69, 9.17) is 0 Å². The molecule has 0 aliphatic carbocycles. The maximum absolute atomic E-state index is 10.3. The van der Waals surface area contributed by atoms with Gasteiger partial charge in [0.15, 0.2) is 5.75 Å². The molecular weight excluding hydrogens is 212 g/mol. The molecule has 1 heterocycles. The molecule has 98 valence electrons. The second kappa shape index (κ2) is 6.08. The third kappa shape index (κ3) is 2.82. The van der Waals surface area contributed by atoms with Gasteiger partial charge in [-0.25, -0.2) is 0 Å². The molecule has 0 amide bonds. The number of aromatic nitrogens is 2. The first-order valence-corrected chi connectivity index (χ1v) is 6.86. The molecule has 1 rings (SSSR count). The lowest BCUT2D eigenvalue weighted by molar-refractivity contribution is 0.421. The van der Waals surface area contributed by atoms with E-state index in [9.17, 15) is 5.11 Å². The highest BCUT2D eigenvalue weighted by atomic mass is 16.3. The molecule has 0 aliphatic rings. The molecule has 0 aromatic carbocycles. The van der Waals surface area contributed by atoms with E-state index in [1.807, 2.05) is 4.68 Å². The largest absolute Gasteiger partial charge is 0.504 e. The SMILES string of the molecule is CCCc1nn(C(C)CC)c(C(C)CC)c1O. The molecule has 1 aromatic heterocycles. The molecule has 0 bridgehead atoms. The van der Waals surface area contributed by atoms with Crippen molar-refractivity contribution < 1.29 is 5.11 Å². The van der Waals surface area contributed by atoms with Crippen LogP contribution in [0.15, 0.2) is 0 Å². The van der Waals surface area contributed by atoms with Gasteiger partial charge in [-0.05, 0) is 26.2 Å². The third-order valence-corrected chi connectivity index (χ3v) is 3.57. The van der Waals surface area contributed by atoms with E-state index in [2.05, 4.69) is 39.7 Å². The average Bonchev–Trinajstić information content (AvgIpc) is 2.65. The van der Waals surface area contributed by atoms with Crippen LogP contribution in [0.25, 0.3) is 0 Å². The molecule has 0 aliphatic heterocycles. The van der Waals surface area contributed by atoms with Crippen molar-refractivity contribution in [3.05, 3.63) is 11.4 Å². The lowest BCUT2D eigenvalue weighted by atomic mass is 10.0. The summed E-state index contributed by atoms with van der Waals surface area (Å²) in [6.45, 7) is 10.7. The molecule has 0 spiro atoms. The molecule has 1 aromatic rings. The Hall–Kier alpha value is -0.990. The summed E-state index contributed by atoms with van der Waals surface area (Å²) < 4.78 is 2.04. The van der Waals surface area contributed by atoms with Gasteiger partial charge in [0.1, 0.15) is 5.69 Å². The van der Waals surface area contributed by atoms with Gasteiger partial charge in [-0.15, -0.1) is 0 Å². The summed E-state index contributed by atoms with van der Waals surface area (Å²) in [4.78, 5) is 0. The summed E-state index contributed by atoms with van der Waals surface area (Å²) >= 11 is 0. The first-order valence-electron chi connectivity index (χ1n) is 6.86. The van der Waals surface area contributed by atoms with E-state index in [0.29, 0.717) is 17.7 Å². The van der Waals surface area contributed by atoms with Crippen LogP contribution in [-0.2, 0) is 6.42 Å². The quantitative estimate of drug-likeness (QED) is 0.812. The zero-order chi connectivity index (χ0) is 13.0. The minimum atomic E-state index is 0.357. The third-order valence-electron chi connectivity index (χ3n) is 3.57. The van der Waals surface area contributed by atoms with Crippen molar-refractivity contribution in [2.45, 2.75) is 72.3 Å².